The van der Waals surface area contributed by atoms with Crippen LogP contribution in [0.5, 0.6) is 0 Å². The lowest BCUT2D eigenvalue weighted by atomic mass is 10.1. The zero-order valence-corrected chi connectivity index (χ0v) is 8.96. The maximum atomic E-state index is 3.76. The topological polar surface area (TPSA) is 27.8 Å². The predicted octanol–water partition coefficient (Wildman–Crippen LogP) is 2.83. The number of fused-ring (bicyclic) bond motifs is 1. The van der Waals surface area contributed by atoms with Crippen LogP contribution in [0.3, 0.4) is 0 Å². The summed E-state index contributed by atoms with van der Waals surface area (Å²) >= 11 is 0. The monoisotopic (exact) mass is 200 g/mol. The predicted molar refractivity (Wildman–Crippen MR) is 64.8 cm³/mol. The molecule has 2 heteroatoms. The number of H-pyrrole nitrogens is 1. The van der Waals surface area contributed by atoms with Gasteiger partial charge in [-0.3, -0.25) is 0 Å². The van der Waals surface area contributed by atoms with Crippen molar-refractivity contribution in [3.63, 3.8) is 0 Å². The SMILES string of the molecule is C=CC(C)NCc1cccc2[nH]ccc12. The van der Waals surface area contributed by atoms with Crippen molar-refractivity contribution in [1.29, 1.82) is 0 Å². The number of benzene rings is 1. The van der Waals surface area contributed by atoms with E-state index in [0.29, 0.717) is 6.04 Å². The molecule has 1 aromatic carbocycles. The Morgan fingerprint density at radius 1 is 1.47 bits per heavy atom. The van der Waals surface area contributed by atoms with Crippen LogP contribution in [0, 0.1) is 0 Å². The van der Waals surface area contributed by atoms with E-state index in [9.17, 15) is 0 Å². The minimum absolute atomic E-state index is 0.346. The molecule has 0 radical (unpaired) electrons. The van der Waals surface area contributed by atoms with Gasteiger partial charge in [0.25, 0.3) is 0 Å². The van der Waals surface area contributed by atoms with Gasteiger partial charge in [-0.2, -0.15) is 0 Å². The summed E-state index contributed by atoms with van der Waals surface area (Å²) < 4.78 is 0. The highest BCUT2D eigenvalue weighted by atomic mass is 14.9. The Morgan fingerprint density at radius 3 is 3.13 bits per heavy atom. The lowest BCUT2D eigenvalue weighted by Crippen LogP contribution is -2.22. The number of aromatic nitrogens is 1. The van der Waals surface area contributed by atoms with Gasteiger partial charge >= 0.3 is 0 Å². The molecule has 0 aliphatic rings. The zero-order chi connectivity index (χ0) is 10.7. The number of hydrogen-bond donors (Lipinski definition) is 2. The van der Waals surface area contributed by atoms with Crippen molar-refractivity contribution in [1.82, 2.24) is 10.3 Å². The van der Waals surface area contributed by atoms with Crippen LogP contribution in [0.15, 0.2) is 43.1 Å². The molecule has 15 heavy (non-hydrogen) atoms. The van der Waals surface area contributed by atoms with Crippen molar-refractivity contribution in [3.05, 3.63) is 48.7 Å². The average molecular weight is 200 g/mol. The van der Waals surface area contributed by atoms with Crippen LogP contribution in [0.25, 0.3) is 10.9 Å². The van der Waals surface area contributed by atoms with E-state index >= 15 is 0 Å². The molecule has 1 heterocycles. The molecular formula is C13H16N2. The van der Waals surface area contributed by atoms with Gasteiger partial charge in [-0.1, -0.05) is 18.2 Å². The molecule has 0 spiro atoms. The number of nitrogens with one attached hydrogen (secondary N) is 2. The van der Waals surface area contributed by atoms with E-state index in [0.717, 1.165) is 6.54 Å². The van der Waals surface area contributed by atoms with Crippen LogP contribution >= 0.6 is 0 Å². The van der Waals surface area contributed by atoms with Crippen LogP contribution < -0.4 is 5.32 Å². The molecule has 2 nitrogen and oxygen atoms in total. The molecule has 2 aromatic rings. The number of aromatic amines is 1. The Morgan fingerprint density at radius 2 is 2.33 bits per heavy atom. The second-order valence-electron chi connectivity index (χ2n) is 3.76. The minimum atomic E-state index is 0.346. The minimum Gasteiger partial charge on any atom is -0.361 e. The van der Waals surface area contributed by atoms with Gasteiger partial charge in [0, 0.05) is 29.7 Å². The highest BCUT2D eigenvalue weighted by molar-refractivity contribution is 5.82. The van der Waals surface area contributed by atoms with E-state index in [1.807, 2.05) is 12.3 Å². The molecule has 2 N–H and O–H groups in total. The van der Waals surface area contributed by atoms with Gasteiger partial charge in [-0.15, -0.1) is 6.58 Å². The third-order valence-corrected chi connectivity index (χ3v) is 2.65. The average Bonchev–Trinajstić information content (AvgIpc) is 2.74. The molecule has 1 unspecified atom stereocenters. The van der Waals surface area contributed by atoms with Crippen molar-refractivity contribution in [2.24, 2.45) is 0 Å². The smallest absolute Gasteiger partial charge is 0.0457 e. The zero-order valence-electron chi connectivity index (χ0n) is 8.96. The highest BCUT2D eigenvalue weighted by Gasteiger charge is 2.01. The quantitative estimate of drug-likeness (QED) is 0.730. The molecule has 0 bridgehead atoms. The first kappa shape index (κ1) is 9.99. The molecule has 0 saturated heterocycles. The molecule has 78 valence electrons. The van der Waals surface area contributed by atoms with Crippen LogP contribution in [0.2, 0.25) is 0 Å². The number of rotatable bonds is 4. The Balaban J connectivity index is 2.20. The summed E-state index contributed by atoms with van der Waals surface area (Å²) in [5, 5.41) is 4.69. The van der Waals surface area contributed by atoms with E-state index in [4.69, 9.17) is 0 Å². The lowest BCUT2D eigenvalue weighted by Gasteiger charge is -2.09. The Kier molecular flexibility index (Phi) is 2.88. The summed E-state index contributed by atoms with van der Waals surface area (Å²) in [6, 6.07) is 8.79. The first-order valence-electron chi connectivity index (χ1n) is 5.22. The van der Waals surface area contributed by atoms with Gasteiger partial charge in [0.15, 0.2) is 0 Å². The second kappa shape index (κ2) is 4.32. The van der Waals surface area contributed by atoms with Crippen LogP contribution in [-0.4, -0.2) is 11.0 Å². The molecule has 0 aliphatic heterocycles. The van der Waals surface area contributed by atoms with Gasteiger partial charge in [-0.25, -0.2) is 0 Å². The van der Waals surface area contributed by atoms with E-state index in [1.165, 1.54) is 16.5 Å². The fourth-order valence-electron chi connectivity index (χ4n) is 1.66. The van der Waals surface area contributed by atoms with E-state index in [1.54, 1.807) is 0 Å². The fourth-order valence-corrected chi connectivity index (χ4v) is 1.66. The van der Waals surface area contributed by atoms with Crippen molar-refractivity contribution >= 4 is 10.9 Å². The molecule has 1 aromatic heterocycles. The van der Waals surface area contributed by atoms with Gasteiger partial charge in [-0.05, 0) is 24.6 Å². The van der Waals surface area contributed by atoms with Gasteiger partial charge in [0.2, 0.25) is 0 Å². The Hall–Kier alpha value is -1.54. The van der Waals surface area contributed by atoms with Gasteiger partial charge in [0.05, 0.1) is 0 Å². The van der Waals surface area contributed by atoms with Crippen LogP contribution in [0.4, 0.5) is 0 Å². The fraction of sp³-hybridized carbons (Fsp3) is 0.231. The maximum Gasteiger partial charge on any atom is 0.0457 e. The molecule has 0 aliphatic carbocycles. The van der Waals surface area contributed by atoms with E-state index in [-0.39, 0.29) is 0 Å². The lowest BCUT2D eigenvalue weighted by molar-refractivity contribution is 0.636. The van der Waals surface area contributed by atoms with Gasteiger partial charge < -0.3 is 10.3 Å². The van der Waals surface area contributed by atoms with Gasteiger partial charge in [0.1, 0.15) is 0 Å². The van der Waals surface area contributed by atoms with Crippen LogP contribution in [0.1, 0.15) is 12.5 Å². The summed E-state index contributed by atoms with van der Waals surface area (Å²) in [7, 11) is 0. The highest BCUT2D eigenvalue weighted by Crippen LogP contribution is 2.17. The third kappa shape index (κ3) is 2.10. The summed E-state index contributed by atoms with van der Waals surface area (Å²) in [6.45, 7) is 6.74. The normalized spacial score (nSPS) is 12.9. The molecule has 0 amide bonds. The largest absolute Gasteiger partial charge is 0.361 e. The van der Waals surface area contributed by atoms with Crippen molar-refractivity contribution in [3.8, 4) is 0 Å². The van der Waals surface area contributed by atoms with E-state index < -0.39 is 0 Å². The Bertz CT molecular complexity index is 456. The third-order valence-electron chi connectivity index (χ3n) is 2.65. The van der Waals surface area contributed by atoms with E-state index in [2.05, 4.69) is 48.1 Å². The summed E-state index contributed by atoms with van der Waals surface area (Å²) in [4.78, 5) is 3.21. The number of hydrogen-bond acceptors (Lipinski definition) is 1. The summed E-state index contributed by atoms with van der Waals surface area (Å²) in [6.07, 6.45) is 3.89. The Labute approximate surface area is 90.0 Å². The molecule has 2 rings (SSSR count). The van der Waals surface area contributed by atoms with Crippen LogP contribution in [-0.2, 0) is 6.54 Å². The van der Waals surface area contributed by atoms with Crippen molar-refractivity contribution in [2.45, 2.75) is 19.5 Å². The first-order valence-corrected chi connectivity index (χ1v) is 5.22. The second-order valence-corrected chi connectivity index (χ2v) is 3.76. The van der Waals surface area contributed by atoms with Crippen molar-refractivity contribution < 1.29 is 0 Å². The first-order chi connectivity index (χ1) is 7.31. The molecular weight excluding hydrogens is 184 g/mol. The molecule has 0 fully saturated rings. The standard InChI is InChI=1S/C13H16N2/c1-3-10(2)15-9-11-5-4-6-13-12(11)7-8-14-13/h3-8,10,14-15H,1,9H2,2H3. The molecule has 1 atom stereocenters. The molecule has 0 saturated carbocycles. The summed E-state index contributed by atoms with van der Waals surface area (Å²) in [5.74, 6) is 0. The summed E-state index contributed by atoms with van der Waals surface area (Å²) in [5.41, 5.74) is 2.52. The van der Waals surface area contributed by atoms with Crippen molar-refractivity contribution in [2.75, 3.05) is 0 Å². The maximum absolute atomic E-state index is 3.76.